The molecule has 4 saturated heterocycles. The summed E-state index contributed by atoms with van der Waals surface area (Å²) in [6.07, 6.45) is -11.6. The molecule has 0 saturated carbocycles. The summed E-state index contributed by atoms with van der Waals surface area (Å²) >= 11 is 0. The lowest BCUT2D eigenvalue weighted by Gasteiger charge is -2.42. The normalized spacial score (nSPS) is 27.7. The Balaban J connectivity index is 1.12. The third-order valence-electron chi connectivity index (χ3n) is 17.3. The van der Waals surface area contributed by atoms with Gasteiger partial charge in [0.05, 0.1) is 57.8 Å². The van der Waals surface area contributed by atoms with Crippen molar-refractivity contribution in [2.24, 2.45) is 5.92 Å². The maximum absolute atomic E-state index is 14.8. The molecule has 4 aromatic carbocycles. The van der Waals surface area contributed by atoms with Gasteiger partial charge in [-0.2, -0.15) is 0 Å². The van der Waals surface area contributed by atoms with Gasteiger partial charge in [-0.3, -0.25) is 33.6 Å². The Hall–Kier alpha value is -7.59. The molecule has 482 valence electrons. The van der Waals surface area contributed by atoms with Crippen LogP contribution in [0.2, 0.25) is 0 Å². The molecule has 0 unspecified atom stereocenters. The average Bonchev–Trinajstić information content (AvgIpc) is 1.84. The van der Waals surface area contributed by atoms with E-state index in [1.54, 1.807) is 12.1 Å². The molecule has 25 nitrogen and oxygen atoms in total. The Kier molecular flexibility index (Phi) is 22.6. The number of nitrogens with zero attached hydrogens (tertiary/aromatic N) is 3. The van der Waals surface area contributed by atoms with Crippen molar-refractivity contribution in [2.45, 2.75) is 151 Å². The largest absolute Gasteiger partial charge is 0.508 e. The predicted molar refractivity (Wildman–Crippen MR) is 323 cm³/mol. The van der Waals surface area contributed by atoms with E-state index in [0.29, 0.717) is 17.6 Å². The van der Waals surface area contributed by atoms with Crippen molar-refractivity contribution in [1.29, 1.82) is 0 Å². The molecule has 89 heavy (non-hydrogen) atoms. The number of aliphatic hydroxyl groups is 7. The van der Waals surface area contributed by atoms with Gasteiger partial charge in [0.15, 0.2) is 6.23 Å². The van der Waals surface area contributed by atoms with E-state index >= 15 is 0 Å². The number of unbranched alkanes of at least 4 members (excludes halogenated alkanes) is 2. The molecular weight excluding hydrogens is 1150 g/mol. The summed E-state index contributed by atoms with van der Waals surface area (Å²) in [5.41, 5.74) is 3.50. The average molecular weight is 1240 g/mol. The van der Waals surface area contributed by atoms with E-state index in [9.17, 15) is 74.4 Å². The van der Waals surface area contributed by atoms with Gasteiger partial charge in [0.25, 0.3) is 5.91 Å². The molecule has 0 bridgehead atoms. The van der Waals surface area contributed by atoms with Crippen molar-refractivity contribution in [2.75, 3.05) is 53.0 Å². The number of hydrogen-bond acceptors (Lipinski definition) is 17. The number of quaternary nitrogens is 1. The van der Waals surface area contributed by atoms with E-state index < -0.39 is 152 Å². The first-order valence-corrected chi connectivity index (χ1v) is 30.4. The summed E-state index contributed by atoms with van der Waals surface area (Å²) in [6, 6.07) is 15.4. The lowest BCUT2D eigenvalue weighted by Crippen LogP contribution is -2.64. The molecule has 4 aromatic rings. The molecule has 0 aromatic heterocycles. The van der Waals surface area contributed by atoms with Gasteiger partial charge in [-0.25, -0.2) is 0 Å². The maximum atomic E-state index is 14.8. The van der Waals surface area contributed by atoms with E-state index in [1.165, 1.54) is 43.3 Å². The van der Waals surface area contributed by atoms with Gasteiger partial charge in [0.2, 0.25) is 35.4 Å². The lowest BCUT2D eigenvalue weighted by molar-refractivity contribution is -0.946. The van der Waals surface area contributed by atoms with Gasteiger partial charge in [0.1, 0.15) is 72.6 Å². The molecule has 4 aliphatic rings. The van der Waals surface area contributed by atoms with E-state index in [2.05, 4.69) is 33.5 Å². The minimum atomic E-state index is -2.28. The van der Waals surface area contributed by atoms with Crippen molar-refractivity contribution in [3.05, 3.63) is 108 Å². The van der Waals surface area contributed by atoms with Crippen LogP contribution in [0.25, 0.3) is 22.3 Å². The summed E-state index contributed by atoms with van der Waals surface area (Å²) in [5, 5.41) is 103. The first kappa shape index (κ1) is 67.3. The van der Waals surface area contributed by atoms with Crippen molar-refractivity contribution in [3.63, 3.8) is 0 Å². The number of carbonyl (C=O) groups excluding carboxylic acids is 7. The monoisotopic (exact) mass is 1240 g/mol. The Morgan fingerprint density at radius 2 is 1.21 bits per heavy atom. The number of fused-ring (bicyclic) bond motifs is 2. The fourth-order valence-corrected chi connectivity index (χ4v) is 11.7. The smallest absolute Gasteiger partial charge is 0.251 e. The topological polar surface area (TPSA) is 366 Å². The van der Waals surface area contributed by atoms with Crippen LogP contribution in [0.4, 0.5) is 0 Å². The van der Waals surface area contributed by atoms with E-state index in [4.69, 9.17) is 9.47 Å². The number of carbonyl (C=O) groups is 7. The van der Waals surface area contributed by atoms with Gasteiger partial charge in [-0.1, -0.05) is 87.4 Å². The number of likely N-dealkylation sites (N-methyl/N-ethyl adjacent to an activating group) is 1. The highest BCUT2D eigenvalue weighted by Gasteiger charge is 2.50. The third-order valence-corrected chi connectivity index (χ3v) is 17.3. The number of nitrogens with one attached hydrogen (secondary N) is 5. The van der Waals surface area contributed by atoms with Gasteiger partial charge in [-0.05, 0) is 84.5 Å². The molecule has 7 amide bonds. The van der Waals surface area contributed by atoms with Crippen molar-refractivity contribution in [1.82, 2.24) is 36.4 Å². The van der Waals surface area contributed by atoms with Crippen LogP contribution < -0.4 is 31.3 Å². The Morgan fingerprint density at radius 3 is 1.78 bits per heavy atom. The Bertz CT molecular complexity index is 3090. The number of hydrogen-bond donors (Lipinski definition) is 13. The summed E-state index contributed by atoms with van der Waals surface area (Å²) in [7, 11) is 1.98. The molecule has 15 atom stereocenters. The second kappa shape index (κ2) is 29.8. The van der Waals surface area contributed by atoms with Crippen LogP contribution in [-0.2, 0) is 33.5 Å². The highest BCUT2D eigenvalue weighted by Crippen LogP contribution is 2.30. The molecule has 4 heterocycles. The standard InChI is InChI=1S/C64H84N8O17/c1-6-7-8-29-88-46-24-20-41(21-25-46)39-12-10-38(11-13-39)40-14-16-43(17-15-40)57(81)65-47-32-49(77)62(89-30-28-72(5)26-9-27-72)69-61(85)53-54(78)35(2)33-71(53)64(87)51(37(4)74)67-60(84)52(56(80)55(79)42-18-22-44(75)23-19-42)68-59(83)48-31-45(76)34-70(48)63(86)50(36(3)73)66-58(47)82/h10-25,35-37,45,47-56,62,73-74,76-80H,6-9,26-34H2,1-5H3,(H5-,65,66,67,68,69,75,81,82,83,84,85)/p+1/t35-,36+,37+,45+,47-,48-,49+,50-,51-,52-,53-,54-,55-,56-,62+/m0/s1. The molecule has 4 aliphatic heterocycles. The molecule has 0 radical (unpaired) electrons. The minimum Gasteiger partial charge on any atom is -0.508 e. The number of amides is 7. The van der Waals surface area contributed by atoms with Crippen LogP contribution in [0, 0.1) is 5.92 Å². The molecule has 4 fully saturated rings. The zero-order valence-electron chi connectivity index (χ0n) is 50.7. The van der Waals surface area contributed by atoms with Crippen LogP contribution in [0.1, 0.15) is 88.2 Å². The fraction of sp³-hybridized carbons (Fsp3) is 0.516. The number of aliphatic hydroxyl groups excluding tert-OH is 7. The second-order valence-electron chi connectivity index (χ2n) is 24.3. The van der Waals surface area contributed by atoms with Gasteiger partial charge in [0, 0.05) is 43.8 Å². The molecule has 0 spiro atoms. The van der Waals surface area contributed by atoms with Gasteiger partial charge in [-0.15, -0.1) is 0 Å². The lowest BCUT2D eigenvalue weighted by atomic mass is 9.96. The molecule has 13 N–H and O–H groups in total. The van der Waals surface area contributed by atoms with Crippen LogP contribution in [-0.4, -0.2) is 229 Å². The predicted octanol–water partition coefficient (Wildman–Crippen LogP) is -0.0525. The Morgan fingerprint density at radius 1 is 0.663 bits per heavy atom. The fourth-order valence-electron chi connectivity index (χ4n) is 11.7. The summed E-state index contributed by atoms with van der Waals surface area (Å²) in [4.78, 5) is 104. The van der Waals surface area contributed by atoms with Crippen molar-refractivity contribution in [3.8, 4) is 33.8 Å². The number of rotatable bonds is 18. The van der Waals surface area contributed by atoms with E-state index in [1.807, 2.05) is 55.6 Å². The number of aromatic hydroxyl groups is 1. The zero-order chi connectivity index (χ0) is 64.4. The Labute approximate surface area is 516 Å². The number of phenolic OH excluding ortho intramolecular Hbond substituents is 1. The SMILES string of the molecule is CCCCCOc1ccc(-c2ccc(-c3ccc(C(=O)N[C@H]4C[C@@H](O)[C@@H](OCC[N+]5(C)CCC5)NC(=O)[C@@H]5[C@@H](O)[C@@H](C)CN5C(=O)[C@H]([C@@H](C)O)NC(=O)[C@H]([C@H](O)[C@@H](O)c5ccc(O)cc5)NC(=O)[C@@H]5C[C@@H](O)CN5C(=O)[C@H]([C@@H](C)O)NC4=O)cc3)cc2)cc1. The van der Waals surface area contributed by atoms with E-state index in [0.717, 1.165) is 90.4 Å². The molecule has 25 heteroatoms. The highest BCUT2D eigenvalue weighted by atomic mass is 16.5. The summed E-state index contributed by atoms with van der Waals surface area (Å²) < 4.78 is 12.7. The second-order valence-corrected chi connectivity index (χ2v) is 24.3. The molecule has 8 rings (SSSR count). The number of benzene rings is 4. The molecule has 0 aliphatic carbocycles. The van der Waals surface area contributed by atoms with Crippen LogP contribution in [0.5, 0.6) is 11.5 Å². The van der Waals surface area contributed by atoms with Crippen LogP contribution in [0.3, 0.4) is 0 Å². The number of phenols is 1. The third kappa shape index (κ3) is 16.4. The number of likely N-dealkylation sites (tertiary alicyclic amines) is 1. The summed E-state index contributed by atoms with van der Waals surface area (Å²) in [6.45, 7) is 7.63. The van der Waals surface area contributed by atoms with Crippen LogP contribution >= 0.6 is 0 Å². The van der Waals surface area contributed by atoms with Crippen molar-refractivity contribution >= 4 is 41.4 Å². The zero-order valence-corrected chi connectivity index (χ0v) is 50.7. The van der Waals surface area contributed by atoms with Crippen molar-refractivity contribution < 1.29 is 88.4 Å². The minimum absolute atomic E-state index is 0.0549. The maximum Gasteiger partial charge on any atom is 0.251 e. The van der Waals surface area contributed by atoms with Gasteiger partial charge < -0.3 is 91.2 Å². The quantitative estimate of drug-likeness (QED) is 0.0459. The highest BCUT2D eigenvalue weighted by molar-refractivity contribution is 6.00. The molecular formula is C64H85N8O17+. The van der Waals surface area contributed by atoms with Gasteiger partial charge >= 0.3 is 0 Å². The number of ether oxygens (including phenoxy) is 2. The van der Waals surface area contributed by atoms with E-state index in [-0.39, 0.29) is 30.0 Å². The van der Waals surface area contributed by atoms with Crippen LogP contribution in [0.15, 0.2) is 97.1 Å². The first-order chi connectivity index (χ1) is 42.4. The first-order valence-electron chi connectivity index (χ1n) is 30.4. The summed E-state index contributed by atoms with van der Waals surface area (Å²) in [5.74, 6) is -8.17.